The van der Waals surface area contributed by atoms with E-state index in [1.54, 1.807) is 6.92 Å². The summed E-state index contributed by atoms with van der Waals surface area (Å²) in [7, 11) is 0. The standard InChI is InChI=1S/C30H57N3O/c1-4-6-7-8-9-10-11-12-13-14-15-16-17-18-19-20-21-22-23-24-30-32-26-28-33(30,5-2)27-25-31-29(3)34/h15-16H,4-14,17-28H2,1-3H3/p+1/b16-15+. The normalized spacial score (nSPS) is 18.0. The maximum absolute atomic E-state index is 11.2. The molecular weight excluding hydrogens is 418 g/mol. The van der Waals surface area contributed by atoms with E-state index >= 15 is 0 Å². The third-order valence-corrected chi connectivity index (χ3v) is 7.55. The van der Waals surface area contributed by atoms with E-state index in [0.717, 1.165) is 43.6 Å². The summed E-state index contributed by atoms with van der Waals surface area (Å²) in [6.45, 7) is 11.1. The minimum atomic E-state index is 0.0706. The van der Waals surface area contributed by atoms with Gasteiger partial charge in [0.15, 0.2) is 5.84 Å². The van der Waals surface area contributed by atoms with E-state index in [0.29, 0.717) is 0 Å². The van der Waals surface area contributed by atoms with Gasteiger partial charge in [0, 0.05) is 13.3 Å². The lowest BCUT2D eigenvalue weighted by molar-refractivity contribution is -0.833. The van der Waals surface area contributed by atoms with E-state index in [-0.39, 0.29) is 5.91 Å². The second kappa shape index (κ2) is 21.1. The topological polar surface area (TPSA) is 41.5 Å². The number of nitrogens with one attached hydrogen (secondary N) is 1. The number of likely N-dealkylation sites (N-methyl/N-ethyl adjacent to an activating group) is 1. The average Bonchev–Trinajstić information content (AvgIpc) is 3.23. The lowest BCUT2D eigenvalue weighted by Gasteiger charge is -2.33. The van der Waals surface area contributed by atoms with E-state index in [2.05, 4.69) is 31.3 Å². The molecule has 1 heterocycles. The number of hydrogen-bond acceptors (Lipinski definition) is 2. The van der Waals surface area contributed by atoms with Crippen LogP contribution in [-0.2, 0) is 4.79 Å². The Morgan fingerprint density at radius 3 is 1.88 bits per heavy atom. The van der Waals surface area contributed by atoms with E-state index in [1.165, 1.54) is 115 Å². The fraction of sp³-hybridized carbons (Fsp3) is 0.867. The van der Waals surface area contributed by atoms with Crippen LogP contribution >= 0.6 is 0 Å². The van der Waals surface area contributed by atoms with Crippen LogP contribution in [0.1, 0.15) is 136 Å². The lowest BCUT2D eigenvalue weighted by Crippen LogP contribution is -2.54. The molecule has 198 valence electrons. The first-order chi connectivity index (χ1) is 16.6. The monoisotopic (exact) mass is 476 g/mol. The van der Waals surface area contributed by atoms with Crippen molar-refractivity contribution in [1.82, 2.24) is 5.32 Å². The molecule has 1 unspecified atom stereocenters. The molecule has 0 aromatic rings. The summed E-state index contributed by atoms with van der Waals surface area (Å²) in [5, 5.41) is 2.97. The van der Waals surface area contributed by atoms with Crippen molar-refractivity contribution < 1.29 is 9.28 Å². The van der Waals surface area contributed by atoms with E-state index < -0.39 is 0 Å². The van der Waals surface area contributed by atoms with Gasteiger partial charge in [0.1, 0.15) is 13.1 Å². The minimum Gasteiger partial charge on any atom is -0.351 e. The highest BCUT2D eigenvalue weighted by Gasteiger charge is 2.35. The highest BCUT2D eigenvalue weighted by molar-refractivity contribution is 5.77. The largest absolute Gasteiger partial charge is 0.351 e. The molecule has 1 N–H and O–H groups in total. The molecule has 0 aromatic carbocycles. The molecule has 0 saturated heterocycles. The van der Waals surface area contributed by atoms with Gasteiger partial charge in [-0.1, -0.05) is 96.1 Å². The molecule has 0 saturated carbocycles. The van der Waals surface area contributed by atoms with Gasteiger partial charge < -0.3 is 5.32 Å². The molecular formula is C30H58N3O+. The maximum Gasteiger partial charge on any atom is 0.217 e. The Hall–Kier alpha value is -1.16. The van der Waals surface area contributed by atoms with Gasteiger partial charge in [-0.3, -0.25) is 9.28 Å². The van der Waals surface area contributed by atoms with E-state index in [4.69, 9.17) is 4.99 Å². The molecule has 1 aliphatic rings. The molecule has 1 amide bonds. The Labute approximate surface area is 212 Å². The van der Waals surface area contributed by atoms with Gasteiger partial charge in [-0.2, -0.15) is 0 Å². The smallest absolute Gasteiger partial charge is 0.217 e. The summed E-state index contributed by atoms with van der Waals surface area (Å²) in [5.41, 5.74) is 0. The highest BCUT2D eigenvalue weighted by Crippen LogP contribution is 2.20. The van der Waals surface area contributed by atoms with Crippen LogP contribution in [0.4, 0.5) is 0 Å². The average molecular weight is 477 g/mol. The van der Waals surface area contributed by atoms with Crippen molar-refractivity contribution in [2.24, 2.45) is 4.99 Å². The zero-order chi connectivity index (χ0) is 24.7. The molecule has 1 atom stereocenters. The van der Waals surface area contributed by atoms with Crippen molar-refractivity contribution in [1.29, 1.82) is 0 Å². The Kier molecular flexibility index (Phi) is 19.2. The van der Waals surface area contributed by atoms with Crippen LogP contribution in [0, 0.1) is 0 Å². The Morgan fingerprint density at radius 2 is 1.35 bits per heavy atom. The van der Waals surface area contributed by atoms with Gasteiger partial charge in [0.25, 0.3) is 0 Å². The van der Waals surface area contributed by atoms with Crippen molar-refractivity contribution in [3.05, 3.63) is 12.2 Å². The maximum atomic E-state index is 11.2. The summed E-state index contributed by atoms with van der Waals surface area (Å²) < 4.78 is 0.992. The van der Waals surface area contributed by atoms with Crippen LogP contribution in [0.2, 0.25) is 0 Å². The number of carbonyl (C=O) groups is 1. The van der Waals surface area contributed by atoms with Crippen molar-refractivity contribution >= 4 is 11.7 Å². The number of aliphatic imine (C=N–C) groups is 1. The summed E-state index contributed by atoms with van der Waals surface area (Å²) in [4.78, 5) is 16.0. The van der Waals surface area contributed by atoms with Crippen molar-refractivity contribution in [3.8, 4) is 0 Å². The number of amides is 1. The third kappa shape index (κ3) is 15.0. The number of quaternary nitrogens is 1. The SMILES string of the molecule is CCCCCCCCCCC/C=C/CCCCCCCCC1=NCC[N+]1(CC)CCNC(C)=O. The van der Waals surface area contributed by atoms with Crippen molar-refractivity contribution in [3.63, 3.8) is 0 Å². The second-order valence-electron chi connectivity index (χ2n) is 10.4. The first-order valence-electron chi connectivity index (χ1n) is 14.9. The van der Waals surface area contributed by atoms with Gasteiger partial charge >= 0.3 is 0 Å². The zero-order valence-electron chi connectivity index (χ0n) is 23.2. The summed E-state index contributed by atoms with van der Waals surface area (Å²) in [6, 6.07) is 0. The van der Waals surface area contributed by atoms with Crippen LogP contribution in [0.3, 0.4) is 0 Å². The summed E-state index contributed by atoms with van der Waals surface area (Å²) in [5.74, 6) is 1.45. The Morgan fingerprint density at radius 1 is 0.824 bits per heavy atom. The van der Waals surface area contributed by atoms with Gasteiger partial charge in [-0.15, -0.1) is 0 Å². The Bertz CT molecular complexity index is 557. The third-order valence-electron chi connectivity index (χ3n) is 7.55. The lowest BCUT2D eigenvalue weighted by atomic mass is 10.1. The van der Waals surface area contributed by atoms with E-state index in [9.17, 15) is 4.79 Å². The zero-order valence-corrected chi connectivity index (χ0v) is 23.2. The first kappa shape index (κ1) is 30.9. The van der Waals surface area contributed by atoms with Gasteiger partial charge in [-0.25, -0.2) is 4.99 Å². The fourth-order valence-electron chi connectivity index (χ4n) is 5.21. The molecule has 0 radical (unpaired) electrons. The second-order valence-corrected chi connectivity index (χ2v) is 10.4. The first-order valence-corrected chi connectivity index (χ1v) is 14.9. The van der Waals surface area contributed by atoms with Crippen LogP contribution in [0.25, 0.3) is 0 Å². The molecule has 1 aliphatic heterocycles. The van der Waals surface area contributed by atoms with Gasteiger partial charge in [0.2, 0.25) is 5.91 Å². The number of carbonyl (C=O) groups excluding carboxylic acids is 1. The number of hydrogen-bond donors (Lipinski definition) is 1. The van der Waals surface area contributed by atoms with Crippen LogP contribution in [-0.4, -0.2) is 48.9 Å². The Balaban J connectivity index is 1.93. The molecule has 0 aliphatic carbocycles. The minimum absolute atomic E-state index is 0.0706. The molecule has 4 heteroatoms. The molecule has 0 bridgehead atoms. The van der Waals surface area contributed by atoms with E-state index in [1.807, 2.05) is 0 Å². The molecule has 0 aromatic heterocycles. The molecule has 4 nitrogen and oxygen atoms in total. The fourth-order valence-corrected chi connectivity index (χ4v) is 5.21. The summed E-state index contributed by atoms with van der Waals surface area (Å²) >= 11 is 0. The molecule has 34 heavy (non-hydrogen) atoms. The van der Waals surface area contributed by atoms with Gasteiger partial charge in [-0.05, 0) is 39.0 Å². The van der Waals surface area contributed by atoms with Crippen molar-refractivity contribution in [2.75, 3.05) is 32.7 Å². The predicted octanol–water partition coefficient (Wildman–Crippen LogP) is 7.97. The van der Waals surface area contributed by atoms with Crippen LogP contribution in [0.15, 0.2) is 17.1 Å². The highest BCUT2D eigenvalue weighted by atomic mass is 16.1. The number of amidine groups is 1. The number of allylic oxidation sites excluding steroid dienone is 2. The van der Waals surface area contributed by atoms with Crippen LogP contribution in [0.5, 0.6) is 0 Å². The van der Waals surface area contributed by atoms with Gasteiger partial charge in [0.05, 0.1) is 19.6 Å². The molecule has 1 rings (SSSR count). The predicted molar refractivity (Wildman–Crippen MR) is 149 cm³/mol. The molecule has 0 spiro atoms. The van der Waals surface area contributed by atoms with Crippen LogP contribution < -0.4 is 5.32 Å². The number of rotatable bonds is 23. The summed E-state index contributed by atoms with van der Waals surface area (Å²) in [6.07, 6.45) is 29.3. The van der Waals surface area contributed by atoms with Crippen molar-refractivity contribution in [2.45, 2.75) is 136 Å². The number of nitrogens with zero attached hydrogens (tertiary/aromatic N) is 2. The number of unbranched alkanes of at least 4 members (excludes halogenated alkanes) is 15. The molecule has 0 fully saturated rings. The quantitative estimate of drug-likeness (QED) is 0.0906.